The highest BCUT2D eigenvalue weighted by atomic mass is 127. The molecule has 1 aliphatic heterocycles. The van der Waals surface area contributed by atoms with Crippen molar-refractivity contribution < 1.29 is 4.74 Å². The van der Waals surface area contributed by atoms with Crippen LogP contribution in [-0.4, -0.2) is 24.2 Å². The van der Waals surface area contributed by atoms with Crippen molar-refractivity contribution in [3.8, 4) is 11.8 Å². The van der Waals surface area contributed by atoms with Gasteiger partial charge in [0.2, 0.25) is 0 Å². The summed E-state index contributed by atoms with van der Waals surface area (Å²) >= 11 is 8.23. The number of aromatic nitrogens is 1. The van der Waals surface area contributed by atoms with Crippen LogP contribution in [0.25, 0.3) is 0 Å². The number of nitrogens with zero attached hydrogens (tertiary/aromatic N) is 3. The molecule has 0 spiro atoms. The first-order chi connectivity index (χ1) is 11.2. The Morgan fingerprint density at radius 1 is 1.22 bits per heavy atom. The molecular formula is C17H15ClIN3O. The molecule has 0 unspecified atom stereocenters. The fourth-order valence-electron chi connectivity index (χ4n) is 2.61. The molecule has 2 heterocycles. The highest BCUT2D eigenvalue weighted by molar-refractivity contribution is 14.1. The smallest absolute Gasteiger partial charge is 0.161 e. The first-order valence-corrected chi connectivity index (χ1v) is 8.86. The number of rotatable bonds is 3. The van der Waals surface area contributed by atoms with Crippen molar-refractivity contribution in [2.75, 3.05) is 18.0 Å². The van der Waals surface area contributed by atoms with E-state index in [4.69, 9.17) is 21.6 Å². The predicted octanol–water partition coefficient (Wildman–Crippen LogP) is 4.26. The third kappa shape index (κ3) is 3.88. The van der Waals surface area contributed by atoms with E-state index in [9.17, 15) is 0 Å². The van der Waals surface area contributed by atoms with Gasteiger partial charge in [-0.05, 0) is 46.9 Å². The van der Waals surface area contributed by atoms with Crippen LogP contribution in [0.4, 0.5) is 5.82 Å². The van der Waals surface area contributed by atoms with E-state index in [1.807, 2.05) is 36.4 Å². The zero-order valence-corrected chi connectivity index (χ0v) is 15.3. The van der Waals surface area contributed by atoms with Crippen LogP contribution in [0.2, 0.25) is 5.02 Å². The van der Waals surface area contributed by atoms with Crippen molar-refractivity contribution in [1.29, 1.82) is 5.26 Å². The second-order valence-electron chi connectivity index (χ2n) is 5.35. The molecule has 0 bridgehead atoms. The van der Waals surface area contributed by atoms with E-state index in [1.165, 1.54) is 0 Å². The molecule has 0 N–H and O–H groups in total. The largest absolute Gasteiger partial charge is 0.489 e. The third-order valence-corrected chi connectivity index (χ3v) is 5.03. The summed E-state index contributed by atoms with van der Waals surface area (Å²) in [6, 6.07) is 13.7. The molecule has 0 atom stereocenters. The Labute approximate surface area is 154 Å². The van der Waals surface area contributed by atoms with Gasteiger partial charge in [0.1, 0.15) is 23.7 Å². The topological polar surface area (TPSA) is 49.2 Å². The number of para-hydroxylation sites is 1. The lowest BCUT2D eigenvalue weighted by molar-refractivity contribution is 0.169. The van der Waals surface area contributed by atoms with Crippen LogP contribution in [0.1, 0.15) is 18.5 Å². The predicted molar refractivity (Wildman–Crippen MR) is 99.0 cm³/mol. The van der Waals surface area contributed by atoms with Crippen LogP contribution >= 0.6 is 34.2 Å². The average molecular weight is 440 g/mol. The molecule has 0 saturated carbocycles. The van der Waals surface area contributed by atoms with E-state index in [2.05, 4.69) is 32.5 Å². The minimum absolute atomic E-state index is 0.213. The van der Waals surface area contributed by atoms with Gasteiger partial charge in [-0.25, -0.2) is 4.98 Å². The number of nitriles is 1. The van der Waals surface area contributed by atoms with Crippen molar-refractivity contribution in [2.24, 2.45) is 0 Å². The molecule has 1 fully saturated rings. The molecule has 0 aliphatic carbocycles. The molecule has 2 aromatic rings. The van der Waals surface area contributed by atoms with Gasteiger partial charge in [-0.2, -0.15) is 5.26 Å². The fourth-order valence-corrected chi connectivity index (χ4v) is 3.27. The summed E-state index contributed by atoms with van der Waals surface area (Å²) in [5.41, 5.74) is 0.279. The van der Waals surface area contributed by atoms with Crippen molar-refractivity contribution in [3.63, 3.8) is 0 Å². The Morgan fingerprint density at radius 3 is 2.65 bits per heavy atom. The number of pyridine rings is 1. The second-order valence-corrected chi connectivity index (χ2v) is 6.92. The molecule has 4 nitrogen and oxygen atoms in total. The Kier molecular flexibility index (Phi) is 5.23. The Morgan fingerprint density at radius 2 is 1.96 bits per heavy atom. The standard InChI is InChI=1S/C17H15ClIN3O/c18-13-5-6-17(21-15(13)11-20)22-9-7-12(8-10-22)23-16-4-2-1-3-14(16)19/h1-6,12H,7-10H2. The number of piperidine rings is 1. The number of anilines is 1. The summed E-state index contributed by atoms with van der Waals surface area (Å²) in [4.78, 5) is 6.50. The second kappa shape index (κ2) is 7.37. The molecule has 0 radical (unpaired) electrons. The Hall–Kier alpha value is -1.52. The van der Waals surface area contributed by atoms with E-state index in [-0.39, 0.29) is 11.8 Å². The lowest BCUT2D eigenvalue weighted by Crippen LogP contribution is -2.38. The van der Waals surface area contributed by atoms with Crippen molar-refractivity contribution in [1.82, 2.24) is 4.98 Å². The SMILES string of the molecule is N#Cc1nc(N2CCC(Oc3ccccc3I)CC2)ccc1Cl. The molecule has 6 heteroatoms. The minimum Gasteiger partial charge on any atom is -0.489 e. The number of hydrogen-bond acceptors (Lipinski definition) is 4. The maximum Gasteiger partial charge on any atom is 0.161 e. The maximum atomic E-state index is 9.04. The average Bonchev–Trinajstić information content (AvgIpc) is 2.58. The maximum absolute atomic E-state index is 9.04. The molecule has 1 aliphatic rings. The fraction of sp³-hybridized carbons (Fsp3) is 0.294. The van der Waals surface area contributed by atoms with E-state index in [0.717, 1.165) is 41.1 Å². The molecule has 118 valence electrons. The van der Waals surface area contributed by atoms with Crippen LogP contribution in [-0.2, 0) is 0 Å². The minimum atomic E-state index is 0.213. The van der Waals surface area contributed by atoms with Gasteiger partial charge in [-0.1, -0.05) is 23.7 Å². The van der Waals surface area contributed by atoms with Gasteiger partial charge in [0.05, 0.1) is 8.59 Å². The zero-order valence-electron chi connectivity index (χ0n) is 12.4. The lowest BCUT2D eigenvalue weighted by atomic mass is 10.1. The molecule has 1 saturated heterocycles. The Balaban J connectivity index is 1.63. The summed E-state index contributed by atoms with van der Waals surface area (Å²) in [5.74, 6) is 1.75. The van der Waals surface area contributed by atoms with Gasteiger partial charge in [-0.3, -0.25) is 0 Å². The summed E-state index contributed by atoms with van der Waals surface area (Å²) < 4.78 is 7.24. The van der Waals surface area contributed by atoms with Crippen LogP contribution in [0.15, 0.2) is 36.4 Å². The number of ether oxygens (including phenoxy) is 1. The molecule has 0 amide bonds. The van der Waals surface area contributed by atoms with E-state index in [1.54, 1.807) is 6.07 Å². The van der Waals surface area contributed by atoms with Crippen molar-refractivity contribution in [3.05, 3.63) is 50.7 Å². The first-order valence-electron chi connectivity index (χ1n) is 7.40. The van der Waals surface area contributed by atoms with Crippen LogP contribution in [0.5, 0.6) is 5.75 Å². The van der Waals surface area contributed by atoms with E-state index < -0.39 is 0 Å². The number of halogens is 2. The molecule has 3 rings (SSSR count). The van der Waals surface area contributed by atoms with Crippen molar-refractivity contribution >= 4 is 40.0 Å². The summed E-state index contributed by atoms with van der Waals surface area (Å²) in [5, 5.41) is 9.43. The van der Waals surface area contributed by atoms with Gasteiger partial charge in [0, 0.05) is 25.9 Å². The molecule has 1 aromatic heterocycles. The summed E-state index contributed by atoms with van der Waals surface area (Å²) in [6.07, 6.45) is 2.07. The molecule has 23 heavy (non-hydrogen) atoms. The van der Waals surface area contributed by atoms with Crippen LogP contribution in [0, 0.1) is 14.9 Å². The van der Waals surface area contributed by atoms with E-state index >= 15 is 0 Å². The monoisotopic (exact) mass is 439 g/mol. The summed E-state index contributed by atoms with van der Waals surface area (Å²) in [6.45, 7) is 1.71. The van der Waals surface area contributed by atoms with E-state index in [0.29, 0.717) is 5.02 Å². The summed E-state index contributed by atoms with van der Waals surface area (Å²) in [7, 11) is 0. The van der Waals surface area contributed by atoms with Gasteiger partial charge >= 0.3 is 0 Å². The highest BCUT2D eigenvalue weighted by Crippen LogP contribution is 2.26. The zero-order chi connectivity index (χ0) is 16.2. The number of hydrogen-bond donors (Lipinski definition) is 0. The normalized spacial score (nSPS) is 15.3. The first kappa shape index (κ1) is 16.3. The van der Waals surface area contributed by atoms with Gasteiger partial charge in [0.25, 0.3) is 0 Å². The number of benzene rings is 1. The van der Waals surface area contributed by atoms with Crippen molar-refractivity contribution in [2.45, 2.75) is 18.9 Å². The van der Waals surface area contributed by atoms with Gasteiger partial charge in [0.15, 0.2) is 5.69 Å². The van der Waals surface area contributed by atoms with Crippen LogP contribution < -0.4 is 9.64 Å². The third-order valence-electron chi connectivity index (χ3n) is 3.83. The van der Waals surface area contributed by atoms with Gasteiger partial charge in [-0.15, -0.1) is 0 Å². The molecule has 1 aromatic carbocycles. The Bertz CT molecular complexity index is 739. The van der Waals surface area contributed by atoms with Gasteiger partial charge < -0.3 is 9.64 Å². The lowest BCUT2D eigenvalue weighted by Gasteiger charge is -2.33. The quantitative estimate of drug-likeness (QED) is 0.671. The molecular weight excluding hydrogens is 425 g/mol. The van der Waals surface area contributed by atoms with Crippen LogP contribution in [0.3, 0.4) is 0 Å². The highest BCUT2D eigenvalue weighted by Gasteiger charge is 2.22.